The van der Waals surface area contributed by atoms with E-state index in [9.17, 15) is 0 Å². The number of hydrogen-bond acceptors (Lipinski definition) is 8. The quantitative estimate of drug-likeness (QED) is 0.163. The van der Waals surface area contributed by atoms with Crippen LogP contribution in [0.2, 0.25) is 0 Å². The molecule has 8 heteroatoms. The molecule has 6 heterocycles. The Kier molecular flexibility index (Phi) is 8.81. The Morgan fingerprint density at radius 1 is 0.244 bits per heavy atom. The molecule has 0 saturated carbocycles. The molecule has 0 saturated heterocycles. The molecule has 368 valence electrons. The molecule has 4 aromatic heterocycles. The van der Waals surface area contributed by atoms with Crippen LogP contribution >= 0.6 is 0 Å². The minimum Gasteiger partial charge on any atom is -0.457 e. The highest BCUT2D eigenvalue weighted by Crippen LogP contribution is 2.69. The van der Waals surface area contributed by atoms with Gasteiger partial charge in [-0.1, -0.05) is 146 Å². The molecule has 0 N–H and O–H groups in total. The van der Waals surface area contributed by atoms with Crippen LogP contribution in [0.4, 0.5) is 34.5 Å². The molecule has 0 unspecified atom stereocenters. The number of furan rings is 4. The standard InChI is InChI=1S/C70H42N2O6/c1-3-19-43(20-4-1)71(45-35-37-49-47-23-7-13-29-57(47)73-63(49)39-45)65-41-55-67(77-65)70(53-27-11-17-33-61(53)76-62-34-18-12-28-54(62)70)56-42-66(78-68(56)69(55)51-25-9-15-31-59(51)75-60-32-16-10-26-52(60)69)72(44-21-5-2-6-22-44)46-36-38-50-48-24-8-14-30-58(48)74-64(50)40-46/h1-42H. The predicted octanol–water partition coefficient (Wildman–Crippen LogP) is 18.9. The monoisotopic (exact) mass is 1010 g/mol. The number of rotatable bonds is 6. The Morgan fingerprint density at radius 2 is 0.577 bits per heavy atom. The van der Waals surface area contributed by atoms with Crippen molar-refractivity contribution >= 4 is 78.4 Å². The number of benzene rings is 10. The van der Waals surface area contributed by atoms with Gasteiger partial charge in [-0.2, -0.15) is 0 Å². The first-order valence-electron chi connectivity index (χ1n) is 26.2. The number of ether oxygens (including phenoxy) is 2. The van der Waals surface area contributed by atoms with E-state index in [-0.39, 0.29) is 0 Å². The Bertz CT molecular complexity index is 4300. The molecule has 0 radical (unpaired) electrons. The van der Waals surface area contributed by atoms with E-state index < -0.39 is 10.8 Å². The highest BCUT2D eigenvalue weighted by Gasteiger charge is 2.63. The van der Waals surface area contributed by atoms with E-state index in [4.69, 9.17) is 27.1 Å². The van der Waals surface area contributed by atoms with Gasteiger partial charge in [0.15, 0.2) is 0 Å². The Balaban J connectivity index is 1.01. The summed E-state index contributed by atoms with van der Waals surface area (Å²) in [6.45, 7) is 0. The highest BCUT2D eigenvalue weighted by molar-refractivity contribution is 6.07. The van der Waals surface area contributed by atoms with Crippen molar-refractivity contribution in [3.8, 4) is 23.0 Å². The number of anilines is 6. The lowest BCUT2D eigenvalue weighted by atomic mass is 9.54. The maximum atomic E-state index is 8.02. The van der Waals surface area contributed by atoms with Crippen molar-refractivity contribution in [2.75, 3.05) is 9.80 Å². The van der Waals surface area contributed by atoms with Gasteiger partial charge in [-0.3, -0.25) is 9.80 Å². The van der Waals surface area contributed by atoms with Gasteiger partial charge in [-0.25, -0.2) is 0 Å². The van der Waals surface area contributed by atoms with Crippen molar-refractivity contribution in [3.05, 3.63) is 300 Å². The van der Waals surface area contributed by atoms with Gasteiger partial charge in [0.2, 0.25) is 11.8 Å². The Labute approximate surface area is 446 Å². The summed E-state index contributed by atoms with van der Waals surface area (Å²) in [4.78, 5) is 4.39. The summed E-state index contributed by atoms with van der Waals surface area (Å²) in [6, 6.07) is 87.8. The van der Waals surface area contributed by atoms with Crippen LogP contribution in [0.1, 0.15) is 44.9 Å². The first-order chi connectivity index (χ1) is 38.6. The predicted molar refractivity (Wildman–Crippen MR) is 305 cm³/mol. The summed E-state index contributed by atoms with van der Waals surface area (Å²) in [5.41, 5.74) is 9.82. The van der Waals surface area contributed by atoms with E-state index in [2.05, 4.69) is 192 Å². The molecule has 0 bridgehead atoms. The second-order valence-electron chi connectivity index (χ2n) is 20.2. The van der Waals surface area contributed by atoms with Gasteiger partial charge in [0.25, 0.3) is 0 Å². The zero-order valence-electron chi connectivity index (χ0n) is 41.6. The molecule has 2 spiro atoms. The van der Waals surface area contributed by atoms with E-state index in [1.807, 2.05) is 72.8 Å². The van der Waals surface area contributed by atoms with Crippen LogP contribution in [0.15, 0.2) is 272 Å². The normalized spacial score (nSPS) is 14.1. The smallest absolute Gasteiger partial charge is 0.205 e. The lowest BCUT2D eigenvalue weighted by molar-refractivity contribution is 0.353. The highest BCUT2D eigenvalue weighted by atomic mass is 16.5. The fourth-order valence-corrected chi connectivity index (χ4v) is 13.1. The molecule has 0 atom stereocenters. The molecule has 14 aromatic rings. The summed E-state index contributed by atoms with van der Waals surface area (Å²) in [5.74, 6) is 5.47. The van der Waals surface area contributed by atoms with Crippen molar-refractivity contribution < 1.29 is 27.1 Å². The van der Waals surface area contributed by atoms with E-state index in [0.29, 0.717) is 46.3 Å². The minimum absolute atomic E-state index is 0.596. The third-order valence-corrected chi connectivity index (χ3v) is 16.2. The third-order valence-electron chi connectivity index (χ3n) is 16.2. The zero-order valence-corrected chi connectivity index (χ0v) is 41.6. The lowest BCUT2D eigenvalue weighted by Gasteiger charge is -2.48. The Hall–Kier alpha value is -10.4. The van der Waals surface area contributed by atoms with Gasteiger partial charge < -0.3 is 27.1 Å². The van der Waals surface area contributed by atoms with Crippen molar-refractivity contribution in [2.24, 2.45) is 0 Å². The van der Waals surface area contributed by atoms with Crippen molar-refractivity contribution in [1.82, 2.24) is 0 Å². The van der Waals surface area contributed by atoms with Gasteiger partial charge >= 0.3 is 0 Å². The summed E-state index contributed by atoms with van der Waals surface area (Å²) in [7, 11) is 0. The number of nitrogens with zero attached hydrogens (tertiary/aromatic N) is 2. The van der Waals surface area contributed by atoms with Gasteiger partial charge in [0.05, 0.1) is 11.4 Å². The molecule has 17 rings (SSSR count). The van der Waals surface area contributed by atoms with Crippen LogP contribution in [0, 0.1) is 0 Å². The maximum Gasteiger partial charge on any atom is 0.205 e. The molecule has 10 aromatic carbocycles. The largest absolute Gasteiger partial charge is 0.457 e. The Morgan fingerprint density at radius 3 is 0.974 bits per heavy atom. The molecule has 3 aliphatic rings. The zero-order chi connectivity index (χ0) is 51.1. The van der Waals surface area contributed by atoms with E-state index >= 15 is 0 Å². The summed E-state index contributed by atoms with van der Waals surface area (Å²) >= 11 is 0. The molecular formula is C70H42N2O6. The van der Waals surface area contributed by atoms with Gasteiger partial charge in [0, 0.05) is 90.6 Å². The van der Waals surface area contributed by atoms with Gasteiger partial charge in [-0.15, -0.1) is 0 Å². The lowest BCUT2D eigenvalue weighted by Crippen LogP contribution is -2.46. The summed E-state index contributed by atoms with van der Waals surface area (Å²) in [6.07, 6.45) is 0. The first kappa shape index (κ1) is 42.9. The second-order valence-corrected chi connectivity index (χ2v) is 20.2. The van der Waals surface area contributed by atoms with E-state index in [1.54, 1.807) is 0 Å². The first-order valence-corrected chi connectivity index (χ1v) is 26.2. The van der Waals surface area contributed by atoms with Crippen molar-refractivity contribution in [2.45, 2.75) is 10.8 Å². The molecule has 78 heavy (non-hydrogen) atoms. The van der Waals surface area contributed by atoms with Gasteiger partial charge in [0.1, 0.15) is 67.7 Å². The number of para-hydroxylation sites is 8. The van der Waals surface area contributed by atoms with Crippen LogP contribution in [0.25, 0.3) is 43.9 Å². The fraction of sp³-hybridized carbons (Fsp3) is 0.0286. The van der Waals surface area contributed by atoms with Gasteiger partial charge in [-0.05, 0) is 84.9 Å². The van der Waals surface area contributed by atoms with Crippen LogP contribution < -0.4 is 19.3 Å². The average molecular weight is 1010 g/mol. The fourth-order valence-electron chi connectivity index (χ4n) is 13.1. The topological polar surface area (TPSA) is 77.5 Å². The van der Waals surface area contributed by atoms with Crippen molar-refractivity contribution in [3.63, 3.8) is 0 Å². The van der Waals surface area contributed by atoms with E-state index in [1.165, 1.54) is 0 Å². The number of hydrogen-bond donors (Lipinski definition) is 0. The molecule has 1 aliphatic carbocycles. The van der Waals surface area contributed by atoms with Crippen LogP contribution in [0.3, 0.4) is 0 Å². The second kappa shape index (κ2) is 16.0. The van der Waals surface area contributed by atoms with Crippen LogP contribution in [0.5, 0.6) is 23.0 Å². The molecule has 2 aliphatic heterocycles. The SMILES string of the molecule is c1ccc(N(c2ccc3c(c2)oc2ccccc23)c2cc3c(o2)C2(c4ccccc4Oc4ccccc42)c2cc(N(c4ccccc4)c4ccc5c(c4)oc4ccccc45)oc2C32c3ccccc3Oc3ccccc32)cc1. The third kappa shape index (κ3) is 5.77. The van der Waals surface area contributed by atoms with Crippen molar-refractivity contribution in [1.29, 1.82) is 0 Å². The number of fused-ring (bicyclic) bond motifs is 20. The molecule has 8 nitrogen and oxygen atoms in total. The van der Waals surface area contributed by atoms with Crippen LogP contribution in [-0.4, -0.2) is 0 Å². The summed E-state index contributed by atoms with van der Waals surface area (Å²) in [5, 5.41) is 4.19. The van der Waals surface area contributed by atoms with Crippen LogP contribution in [-0.2, 0) is 10.8 Å². The molecular weight excluding hydrogens is 965 g/mol. The minimum atomic E-state index is -1.17. The average Bonchev–Trinajstić information content (AvgIpc) is 2.28. The maximum absolute atomic E-state index is 8.02. The summed E-state index contributed by atoms with van der Waals surface area (Å²) < 4.78 is 43.1. The molecule has 0 fully saturated rings. The molecule has 0 amide bonds. The van der Waals surface area contributed by atoms with E-state index in [0.717, 1.165) is 100 Å².